The maximum absolute atomic E-state index is 12.5. The topological polar surface area (TPSA) is 65.8 Å². The molecule has 6 heteroatoms. The third-order valence-electron chi connectivity index (χ3n) is 4.04. The van der Waals surface area contributed by atoms with E-state index >= 15 is 0 Å². The largest absolute Gasteiger partial charge is 0.451 e. The van der Waals surface area contributed by atoms with Crippen LogP contribution in [0.25, 0.3) is 11.0 Å². The van der Waals surface area contributed by atoms with Gasteiger partial charge in [-0.05, 0) is 19.1 Å². The van der Waals surface area contributed by atoms with Gasteiger partial charge >= 0.3 is 0 Å². The van der Waals surface area contributed by atoms with Crippen molar-refractivity contribution in [1.82, 2.24) is 15.1 Å². The Kier molecular flexibility index (Phi) is 4.62. The van der Waals surface area contributed by atoms with Crippen LogP contribution in [0.3, 0.4) is 0 Å². The van der Waals surface area contributed by atoms with E-state index in [1.807, 2.05) is 31.2 Å². The van der Waals surface area contributed by atoms with Crippen molar-refractivity contribution in [3.8, 4) is 0 Å². The van der Waals surface area contributed by atoms with Gasteiger partial charge in [0.1, 0.15) is 5.58 Å². The van der Waals surface area contributed by atoms with E-state index in [1.165, 1.54) is 0 Å². The molecule has 1 aromatic carbocycles. The Morgan fingerprint density at radius 2 is 1.91 bits per heavy atom. The van der Waals surface area contributed by atoms with E-state index in [2.05, 4.69) is 10.2 Å². The molecule has 1 fully saturated rings. The Bertz CT molecular complexity index is 669. The highest BCUT2D eigenvalue weighted by atomic mass is 16.3. The molecule has 2 amide bonds. The third-order valence-corrected chi connectivity index (χ3v) is 4.04. The minimum absolute atomic E-state index is 0.0320. The van der Waals surface area contributed by atoms with Crippen molar-refractivity contribution in [2.24, 2.45) is 0 Å². The number of carbonyl (C=O) groups is 2. The van der Waals surface area contributed by atoms with Gasteiger partial charge in [-0.2, -0.15) is 0 Å². The molecule has 0 unspecified atom stereocenters. The van der Waals surface area contributed by atoms with Gasteiger partial charge < -0.3 is 14.6 Å². The highest BCUT2D eigenvalue weighted by molar-refractivity contribution is 5.96. The number of nitrogens with one attached hydrogen (secondary N) is 1. The van der Waals surface area contributed by atoms with Gasteiger partial charge in [-0.1, -0.05) is 18.2 Å². The van der Waals surface area contributed by atoms with Crippen LogP contribution in [-0.4, -0.2) is 60.9 Å². The Morgan fingerprint density at radius 1 is 1.17 bits per heavy atom. The molecule has 1 aromatic heterocycles. The molecule has 122 valence electrons. The average molecular weight is 315 g/mol. The fraction of sp³-hybridized carbons (Fsp3) is 0.412. The standard InChI is InChI=1S/C17H21N3O3/c1-2-18-16(21)12-19-7-9-20(10-8-19)17(22)15-11-13-5-3-4-6-14(13)23-15/h3-6,11H,2,7-10,12H2,1H3,(H,18,21). The summed E-state index contributed by atoms with van der Waals surface area (Å²) in [5.74, 6) is 0.326. The maximum Gasteiger partial charge on any atom is 0.289 e. The number of likely N-dealkylation sites (N-methyl/N-ethyl adjacent to an activating group) is 1. The molecule has 1 aliphatic rings. The minimum Gasteiger partial charge on any atom is -0.451 e. The van der Waals surface area contributed by atoms with Gasteiger partial charge in [-0.3, -0.25) is 14.5 Å². The number of piperazine rings is 1. The molecule has 23 heavy (non-hydrogen) atoms. The summed E-state index contributed by atoms with van der Waals surface area (Å²) in [6, 6.07) is 9.39. The van der Waals surface area contributed by atoms with Crippen LogP contribution in [0.15, 0.2) is 34.7 Å². The van der Waals surface area contributed by atoms with E-state index in [1.54, 1.807) is 11.0 Å². The highest BCUT2D eigenvalue weighted by Gasteiger charge is 2.25. The normalized spacial score (nSPS) is 15.8. The van der Waals surface area contributed by atoms with Crippen molar-refractivity contribution in [2.45, 2.75) is 6.92 Å². The molecule has 3 rings (SSSR count). The van der Waals surface area contributed by atoms with E-state index in [-0.39, 0.29) is 11.8 Å². The number of hydrogen-bond donors (Lipinski definition) is 1. The summed E-state index contributed by atoms with van der Waals surface area (Å²) >= 11 is 0. The molecule has 1 aliphatic heterocycles. The lowest BCUT2D eigenvalue weighted by atomic mass is 10.2. The molecule has 0 saturated carbocycles. The number of carbonyl (C=O) groups excluding carboxylic acids is 2. The van der Waals surface area contributed by atoms with Crippen molar-refractivity contribution >= 4 is 22.8 Å². The van der Waals surface area contributed by atoms with Crippen molar-refractivity contribution in [2.75, 3.05) is 39.3 Å². The molecule has 0 spiro atoms. The molecule has 0 radical (unpaired) electrons. The van der Waals surface area contributed by atoms with Crippen molar-refractivity contribution in [1.29, 1.82) is 0 Å². The summed E-state index contributed by atoms with van der Waals surface area (Å²) in [5.41, 5.74) is 0.728. The number of hydrogen-bond acceptors (Lipinski definition) is 4. The van der Waals surface area contributed by atoms with Crippen LogP contribution in [0.5, 0.6) is 0 Å². The molecular formula is C17H21N3O3. The molecule has 0 atom stereocenters. The Balaban J connectivity index is 1.58. The van der Waals surface area contributed by atoms with Crippen LogP contribution in [0.2, 0.25) is 0 Å². The van der Waals surface area contributed by atoms with E-state index in [0.717, 1.165) is 11.0 Å². The average Bonchev–Trinajstić information content (AvgIpc) is 2.99. The number of nitrogens with zero attached hydrogens (tertiary/aromatic N) is 2. The Labute approximate surface area is 135 Å². The molecule has 0 aliphatic carbocycles. The molecular weight excluding hydrogens is 294 g/mol. The van der Waals surface area contributed by atoms with Crippen molar-refractivity contribution in [3.63, 3.8) is 0 Å². The van der Waals surface area contributed by atoms with E-state index in [9.17, 15) is 9.59 Å². The fourth-order valence-electron chi connectivity index (χ4n) is 2.81. The number of rotatable bonds is 4. The maximum atomic E-state index is 12.5. The van der Waals surface area contributed by atoms with Crippen LogP contribution >= 0.6 is 0 Å². The number of fused-ring (bicyclic) bond motifs is 1. The van der Waals surface area contributed by atoms with Gasteiger partial charge in [0.25, 0.3) is 5.91 Å². The van der Waals surface area contributed by atoms with Gasteiger partial charge in [-0.25, -0.2) is 0 Å². The van der Waals surface area contributed by atoms with E-state index in [4.69, 9.17) is 4.42 Å². The zero-order valence-corrected chi connectivity index (χ0v) is 13.2. The first kappa shape index (κ1) is 15.6. The minimum atomic E-state index is -0.0844. The SMILES string of the molecule is CCNC(=O)CN1CCN(C(=O)c2cc3ccccc3o2)CC1. The zero-order valence-electron chi connectivity index (χ0n) is 13.2. The number of amides is 2. The van der Waals surface area contributed by atoms with Crippen LogP contribution in [0.1, 0.15) is 17.5 Å². The van der Waals surface area contributed by atoms with Crippen LogP contribution in [0, 0.1) is 0 Å². The van der Waals surface area contributed by atoms with Crippen LogP contribution in [0.4, 0.5) is 0 Å². The third kappa shape index (κ3) is 3.53. The lowest BCUT2D eigenvalue weighted by Crippen LogP contribution is -2.51. The van der Waals surface area contributed by atoms with Gasteiger partial charge in [0.05, 0.1) is 6.54 Å². The van der Waals surface area contributed by atoms with Gasteiger partial charge in [0, 0.05) is 38.1 Å². The second-order valence-electron chi connectivity index (χ2n) is 5.67. The van der Waals surface area contributed by atoms with Gasteiger partial charge in [0.2, 0.25) is 5.91 Å². The summed E-state index contributed by atoms with van der Waals surface area (Å²) < 4.78 is 5.64. The van der Waals surface area contributed by atoms with Crippen LogP contribution in [-0.2, 0) is 4.79 Å². The van der Waals surface area contributed by atoms with Gasteiger partial charge in [-0.15, -0.1) is 0 Å². The molecule has 0 bridgehead atoms. The summed E-state index contributed by atoms with van der Waals surface area (Å²) in [6.45, 7) is 5.54. The predicted octanol–water partition coefficient (Wildman–Crippen LogP) is 1.33. The predicted molar refractivity (Wildman–Crippen MR) is 87.2 cm³/mol. The summed E-state index contributed by atoms with van der Waals surface area (Å²) in [4.78, 5) is 28.0. The highest BCUT2D eigenvalue weighted by Crippen LogP contribution is 2.20. The fourth-order valence-corrected chi connectivity index (χ4v) is 2.81. The second kappa shape index (κ2) is 6.83. The smallest absolute Gasteiger partial charge is 0.289 e. The molecule has 6 nitrogen and oxygen atoms in total. The number of para-hydroxylation sites is 1. The van der Waals surface area contributed by atoms with E-state index in [0.29, 0.717) is 45.0 Å². The first-order valence-corrected chi connectivity index (χ1v) is 7.94. The summed E-state index contributed by atoms with van der Waals surface area (Å²) in [7, 11) is 0. The first-order chi connectivity index (χ1) is 11.2. The molecule has 2 heterocycles. The summed E-state index contributed by atoms with van der Waals surface area (Å²) in [6.07, 6.45) is 0. The van der Waals surface area contributed by atoms with Crippen molar-refractivity contribution in [3.05, 3.63) is 36.1 Å². The lowest BCUT2D eigenvalue weighted by Gasteiger charge is -2.33. The quantitative estimate of drug-likeness (QED) is 0.924. The Hall–Kier alpha value is -2.34. The van der Waals surface area contributed by atoms with E-state index < -0.39 is 0 Å². The molecule has 1 N–H and O–H groups in total. The summed E-state index contributed by atoms with van der Waals surface area (Å²) in [5, 5.41) is 3.73. The number of furan rings is 1. The second-order valence-corrected chi connectivity index (χ2v) is 5.67. The zero-order chi connectivity index (χ0) is 16.2. The van der Waals surface area contributed by atoms with Crippen LogP contribution < -0.4 is 5.32 Å². The first-order valence-electron chi connectivity index (χ1n) is 7.94. The van der Waals surface area contributed by atoms with Crippen molar-refractivity contribution < 1.29 is 14.0 Å². The monoisotopic (exact) mass is 315 g/mol. The lowest BCUT2D eigenvalue weighted by molar-refractivity contribution is -0.122. The molecule has 2 aromatic rings. The molecule has 1 saturated heterocycles. The Morgan fingerprint density at radius 3 is 2.61 bits per heavy atom. The number of benzene rings is 1. The van der Waals surface area contributed by atoms with Gasteiger partial charge in [0.15, 0.2) is 5.76 Å².